The normalized spacial score (nSPS) is 22.1. The summed E-state index contributed by atoms with van der Waals surface area (Å²) >= 11 is 0. The molecule has 1 saturated heterocycles. The van der Waals surface area contributed by atoms with Crippen molar-refractivity contribution in [3.8, 4) is 0 Å². The molecule has 3 amide bonds. The number of primary amides is 1. The van der Waals surface area contributed by atoms with Gasteiger partial charge < -0.3 is 21.7 Å². The van der Waals surface area contributed by atoms with E-state index in [0.29, 0.717) is 12.2 Å². The molecule has 1 aliphatic carbocycles. The predicted molar refractivity (Wildman–Crippen MR) is 84.1 cm³/mol. The van der Waals surface area contributed by atoms with Gasteiger partial charge in [-0.25, -0.2) is 4.79 Å². The van der Waals surface area contributed by atoms with Crippen LogP contribution >= 0.6 is 0 Å². The van der Waals surface area contributed by atoms with Crippen molar-refractivity contribution in [3.05, 3.63) is 29.8 Å². The summed E-state index contributed by atoms with van der Waals surface area (Å²) in [5.41, 5.74) is 6.94. The number of benzene rings is 1. The van der Waals surface area contributed by atoms with Crippen molar-refractivity contribution < 1.29 is 9.59 Å². The van der Waals surface area contributed by atoms with Crippen LogP contribution in [0.2, 0.25) is 0 Å². The first kappa shape index (κ1) is 14.8. The molecule has 1 aliphatic heterocycles. The first-order valence-electron chi connectivity index (χ1n) is 7.73. The maximum atomic E-state index is 12.3. The Labute approximate surface area is 129 Å². The highest BCUT2D eigenvalue weighted by Gasteiger charge is 2.57. The average molecular weight is 302 g/mol. The van der Waals surface area contributed by atoms with Gasteiger partial charge in [0, 0.05) is 18.2 Å². The molecule has 5 N–H and O–H groups in total. The number of anilines is 1. The van der Waals surface area contributed by atoms with Crippen molar-refractivity contribution in [1.29, 1.82) is 0 Å². The van der Waals surface area contributed by atoms with E-state index >= 15 is 0 Å². The second-order valence-corrected chi connectivity index (χ2v) is 6.28. The van der Waals surface area contributed by atoms with Gasteiger partial charge in [-0.1, -0.05) is 12.1 Å². The molecule has 6 heteroatoms. The summed E-state index contributed by atoms with van der Waals surface area (Å²) in [5.74, 6) is 0.316. The van der Waals surface area contributed by atoms with E-state index in [9.17, 15) is 9.59 Å². The van der Waals surface area contributed by atoms with Crippen LogP contribution in [0.15, 0.2) is 24.3 Å². The van der Waals surface area contributed by atoms with Crippen LogP contribution in [0.4, 0.5) is 10.5 Å². The largest absolute Gasteiger partial charge is 0.352 e. The van der Waals surface area contributed by atoms with Crippen LogP contribution in [0, 0.1) is 11.3 Å². The molecule has 2 fully saturated rings. The molecule has 3 rings (SSSR count). The van der Waals surface area contributed by atoms with Crippen LogP contribution in [0.1, 0.15) is 24.8 Å². The minimum Gasteiger partial charge on any atom is -0.352 e. The second kappa shape index (κ2) is 5.96. The van der Waals surface area contributed by atoms with Gasteiger partial charge in [0.25, 0.3) is 0 Å². The molecule has 2 aliphatic rings. The standard InChI is InChI=1S/C16H22N4O2/c17-15(22)20-12-3-1-2-11(8-12)10-19-14(21)13-9-16(13)4-6-18-7-5-16/h1-3,8,13,18H,4-7,9-10H2,(H,19,21)(H3,17,20,22). The molecule has 1 unspecified atom stereocenters. The maximum absolute atomic E-state index is 12.3. The number of hydrogen-bond acceptors (Lipinski definition) is 3. The smallest absolute Gasteiger partial charge is 0.316 e. The average Bonchev–Trinajstić information content (AvgIpc) is 3.18. The van der Waals surface area contributed by atoms with Crippen LogP contribution in [-0.2, 0) is 11.3 Å². The third kappa shape index (κ3) is 3.22. The summed E-state index contributed by atoms with van der Waals surface area (Å²) in [6.07, 6.45) is 3.22. The monoisotopic (exact) mass is 302 g/mol. The highest BCUT2D eigenvalue weighted by atomic mass is 16.2. The lowest BCUT2D eigenvalue weighted by Gasteiger charge is -2.23. The van der Waals surface area contributed by atoms with Crippen molar-refractivity contribution in [2.75, 3.05) is 18.4 Å². The molecule has 22 heavy (non-hydrogen) atoms. The SMILES string of the molecule is NC(=O)Nc1cccc(CNC(=O)C2CC23CCNCC3)c1. The Morgan fingerprint density at radius 1 is 1.32 bits per heavy atom. The minimum absolute atomic E-state index is 0.148. The predicted octanol–water partition coefficient (Wildman–Crippen LogP) is 1.18. The van der Waals surface area contributed by atoms with E-state index in [1.165, 1.54) is 0 Å². The Hall–Kier alpha value is -2.08. The topological polar surface area (TPSA) is 96.2 Å². The number of urea groups is 1. The molecule has 0 aromatic heterocycles. The van der Waals surface area contributed by atoms with Gasteiger partial charge in [0.15, 0.2) is 0 Å². The number of rotatable bonds is 4. The van der Waals surface area contributed by atoms with Gasteiger partial charge in [-0.05, 0) is 55.5 Å². The molecule has 1 aromatic carbocycles. The van der Waals surface area contributed by atoms with Gasteiger partial charge in [0.2, 0.25) is 5.91 Å². The third-order valence-corrected chi connectivity index (χ3v) is 4.77. The molecule has 0 bridgehead atoms. The Bertz CT molecular complexity index is 581. The van der Waals surface area contributed by atoms with Gasteiger partial charge >= 0.3 is 6.03 Å². The van der Waals surface area contributed by atoms with Crippen molar-refractivity contribution in [3.63, 3.8) is 0 Å². The van der Waals surface area contributed by atoms with Crippen molar-refractivity contribution in [2.24, 2.45) is 17.1 Å². The van der Waals surface area contributed by atoms with E-state index in [1.54, 1.807) is 6.07 Å². The highest BCUT2D eigenvalue weighted by molar-refractivity contribution is 5.87. The zero-order valence-electron chi connectivity index (χ0n) is 12.5. The zero-order chi connectivity index (χ0) is 15.6. The van der Waals surface area contributed by atoms with Gasteiger partial charge in [0.1, 0.15) is 0 Å². The van der Waals surface area contributed by atoms with Crippen LogP contribution in [0.3, 0.4) is 0 Å². The number of nitrogens with one attached hydrogen (secondary N) is 3. The van der Waals surface area contributed by atoms with E-state index in [2.05, 4.69) is 16.0 Å². The number of piperidine rings is 1. The highest BCUT2D eigenvalue weighted by Crippen LogP contribution is 2.58. The van der Waals surface area contributed by atoms with Gasteiger partial charge in [-0.2, -0.15) is 0 Å². The Morgan fingerprint density at radius 3 is 2.82 bits per heavy atom. The van der Waals surface area contributed by atoms with E-state index in [0.717, 1.165) is 37.9 Å². The van der Waals surface area contributed by atoms with Gasteiger partial charge in [-0.3, -0.25) is 4.79 Å². The first-order chi connectivity index (χ1) is 10.6. The lowest BCUT2D eigenvalue weighted by Crippen LogP contribution is -2.33. The van der Waals surface area contributed by atoms with Crippen LogP contribution in [0.25, 0.3) is 0 Å². The lowest BCUT2D eigenvalue weighted by molar-refractivity contribution is -0.123. The van der Waals surface area contributed by atoms with Crippen LogP contribution in [-0.4, -0.2) is 25.0 Å². The van der Waals surface area contributed by atoms with Gasteiger partial charge in [0.05, 0.1) is 0 Å². The molecular weight excluding hydrogens is 280 g/mol. The van der Waals surface area contributed by atoms with Crippen molar-refractivity contribution in [1.82, 2.24) is 10.6 Å². The quantitative estimate of drug-likeness (QED) is 0.672. The van der Waals surface area contributed by atoms with E-state index in [1.807, 2.05) is 18.2 Å². The number of nitrogens with two attached hydrogens (primary N) is 1. The van der Waals surface area contributed by atoms with Crippen LogP contribution < -0.4 is 21.7 Å². The molecule has 0 radical (unpaired) electrons. The third-order valence-electron chi connectivity index (χ3n) is 4.77. The number of carbonyl (C=O) groups is 2. The summed E-state index contributed by atoms with van der Waals surface area (Å²) in [6.45, 7) is 2.51. The van der Waals surface area contributed by atoms with Crippen LogP contribution in [0.5, 0.6) is 0 Å². The van der Waals surface area contributed by atoms with Crippen molar-refractivity contribution in [2.45, 2.75) is 25.8 Å². The molecule has 1 atom stereocenters. The maximum Gasteiger partial charge on any atom is 0.316 e. The lowest BCUT2D eigenvalue weighted by atomic mass is 9.92. The molecule has 1 saturated carbocycles. The number of hydrogen-bond donors (Lipinski definition) is 4. The molecule has 1 aromatic rings. The summed E-state index contributed by atoms with van der Waals surface area (Å²) in [7, 11) is 0. The summed E-state index contributed by atoms with van der Waals surface area (Å²) < 4.78 is 0. The molecule has 1 spiro atoms. The van der Waals surface area contributed by atoms with E-state index < -0.39 is 6.03 Å². The fraction of sp³-hybridized carbons (Fsp3) is 0.500. The van der Waals surface area contributed by atoms with Gasteiger partial charge in [-0.15, -0.1) is 0 Å². The summed E-state index contributed by atoms with van der Waals surface area (Å²) in [5, 5.41) is 8.89. The molecular formula is C16H22N4O2. The van der Waals surface area contributed by atoms with E-state index in [4.69, 9.17) is 5.73 Å². The summed E-state index contributed by atoms with van der Waals surface area (Å²) in [4.78, 5) is 23.1. The molecule has 6 nitrogen and oxygen atoms in total. The fourth-order valence-corrected chi connectivity index (χ4v) is 3.41. The number of amides is 3. The Morgan fingerprint density at radius 2 is 2.09 bits per heavy atom. The van der Waals surface area contributed by atoms with Crippen molar-refractivity contribution >= 4 is 17.6 Å². The molecule has 118 valence electrons. The fourth-order valence-electron chi connectivity index (χ4n) is 3.41. The minimum atomic E-state index is -0.591. The van der Waals surface area contributed by atoms with E-state index in [-0.39, 0.29) is 17.2 Å². The molecule has 1 heterocycles. The second-order valence-electron chi connectivity index (χ2n) is 6.28. The first-order valence-corrected chi connectivity index (χ1v) is 7.73. The number of carbonyl (C=O) groups excluding carboxylic acids is 2. The Kier molecular flexibility index (Phi) is 4.02. The zero-order valence-corrected chi connectivity index (χ0v) is 12.5. The summed E-state index contributed by atoms with van der Waals surface area (Å²) in [6, 6.07) is 6.74. The Balaban J connectivity index is 1.52.